The van der Waals surface area contributed by atoms with Crippen molar-refractivity contribution in [3.63, 3.8) is 0 Å². The van der Waals surface area contributed by atoms with Crippen LogP contribution in [0.4, 0.5) is 11.4 Å². The van der Waals surface area contributed by atoms with Gasteiger partial charge in [-0.2, -0.15) is 0 Å². The Morgan fingerprint density at radius 2 is 0.917 bits per heavy atom. The fourth-order valence-electron chi connectivity index (χ4n) is 3.09. The number of hydrogen-bond donors (Lipinski definition) is 2. The number of halogens is 4. The van der Waals surface area contributed by atoms with Crippen LogP contribution in [0.2, 0.25) is 20.1 Å². The van der Waals surface area contributed by atoms with Crippen molar-refractivity contribution in [1.82, 2.24) is 0 Å². The summed E-state index contributed by atoms with van der Waals surface area (Å²) in [6, 6.07) is 24.2. The molecule has 0 aliphatic heterocycles. The Morgan fingerprint density at radius 3 is 1.31 bits per heavy atom. The second-order valence-corrected chi connectivity index (χ2v) is 11.2. The van der Waals surface area contributed by atoms with Gasteiger partial charge in [-0.1, -0.05) is 92.3 Å². The highest BCUT2D eigenvalue weighted by Crippen LogP contribution is 2.41. The van der Waals surface area contributed by atoms with E-state index >= 15 is 0 Å². The highest BCUT2D eigenvalue weighted by molar-refractivity contribution is 8.76. The van der Waals surface area contributed by atoms with Crippen molar-refractivity contribution in [1.29, 1.82) is 0 Å². The molecule has 0 spiro atoms. The molecule has 182 valence electrons. The zero-order valence-corrected chi connectivity index (χ0v) is 22.9. The van der Waals surface area contributed by atoms with Gasteiger partial charge in [0.1, 0.15) is 0 Å². The fourth-order valence-corrected chi connectivity index (χ4v) is 6.04. The summed E-state index contributed by atoms with van der Waals surface area (Å²) in [4.78, 5) is 27.4. The number of carbonyl (C=O) groups is 2. The normalized spacial score (nSPS) is 10.7. The number of carbonyl (C=O) groups excluding carboxylic acids is 2. The van der Waals surface area contributed by atoms with Gasteiger partial charge in [0.25, 0.3) is 11.8 Å². The van der Waals surface area contributed by atoms with E-state index in [-0.39, 0.29) is 11.8 Å². The summed E-state index contributed by atoms with van der Waals surface area (Å²) in [6.07, 6.45) is 0. The van der Waals surface area contributed by atoms with Crippen LogP contribution in [0, 0.1) is 0 Å². The first-order valence-corrected chi connectivity index (χ1v) is 14.0. The lowest BCUT2D eigenvalue weighted by molar-refractivity contribution is 0.101. The quantitative estimate of drug-likeness (QED) is 0.209. The van der Waals surface area contributed by atoms with Gasteiger partial charge in [0.2, 0.25) is 0 Å². The van der Waals surface area contributed by atoms with Crippen LogP contribution >= 0.6 is 68.0 Å². The molecule has 0 bridgehead atoms. The Morgan fingerprint density at radius 1 is 0.528 bits per heavy atom. The Bertz CT molecular complexity index is 1340. The van der Waals surface area contributed by atoms with E-state index in [0.29, 0.717) is 42.6 Å². The monoisotopic (exact) mass is 592 g/mol. The second-order valence-electron chi connectivity index (χ2n) is 7.33. The molecule has 0 atom stereocenters. The summed E-state index contributed by atoms with van der Waals surface area (Å²) in [5, 5.41) is 7.20. The minimum atomic E-state index is -0.289. The van der Waals surface area contributed by atoms with Gasteiger partial charge in [0.05, 0.1) is 31.2 Å². The molecule has 2 amide bonds. The molecule has 0 saturated carbocycles. The number of amides is 2. The van der Waals surface area contributed by atoms with Crippen molar-refractivity contribution in [3.8, 4) is 0 Å². The Hall–Kier alpha value is -2.32. The lowest BCUT2D eigenvalue weighted by atomic mass is 10.2. The van der Waals surface area contributed by atoms with Crippen LogP contribution in [-0.4, -0.2) is 11.8 Å². The minimum absolute atomic E-state index is 0.289. The van der Waals surface area contributed by atoms with Gasteiger partial charge in [0, 0.05) is 21.2 Å². The summed E-state index contributed by atoms with van der Waals surface area (Å²) in [7, 11) is 2.75. The van der Waals surface area contributed by atoms with Crippen molar-refractivity contribution < 1.29 is 9.59 Å². The molecular weight excluding hydrogens is 578 g/mol. The molecule has 4 aromatic rings. The van der Waals surface area contributed by atoms with Crippen LogP contribution in [0.3, 0.4) is 0 Å². The molecule has 0 heterocycles. The zero-order valence-electron chi connectivity index (χ0n) is 18.2. The molecule has 4 aromatic carbocycles. The Labute approximate surface area is 236 Å². The molecule has 0 aliphatic carbocycles. The minimum Gasteiger partial charge on any atom is -0.322 e. The van der Waals surface area contributed by atoms with Gasteiger partial charge < -0.3 is 10.6 Å². The lowest BCUT2D eigenvalue weighted by Crippen LogP contribution is -2.13. The molecule has 0 fully saturated rings. The second kappa shape index (κ2) is 12.3. The Kier molecular flexibility index (Phi) is 9.12. The molecule has 0 unspecified atom stereocenters. The summed E-state index contributed by atoms with van der Waals surface area (Å²) >= 11 is 24.0. The number of hydrogen-bond acceptors (Lipinski definition) is 4. The van der Waals surface area contributed by atoms with Gasteiger partial charge >= 0.3 is 0 Å². The third-order valence-corrected chi connectivity index (χ3v) is 8.80. The summed E-state index contributed by atoms with van der Waals surface area (Å²) < 4.78 is 0. The SMILES string of the molecule is O=C(Nc1ccc(Cl)c(Cl)c1)c1ccccc1SSc1ccccc1C(=O)Nc1ccc(Cl)c(Cl)c1. The third kappa shape index (κ3) is 6.71. The maximum atomic E-state index is 13.0. The zero-order chi connectivity index (χ0) is 25.7. The van der Waals surface area contributed by atoms with Crippen LogP contribution in [0.5, 0.6) is 0 Å². The summed E-state index contributed by atoms with van der Waals surface area (Å²) in [6.45, 7) is 0. The molecule has 4 rings (SSSR count). The van der Waals surface area contributed by atoms with Crippen LogP contribution in [-0.2, 0) is 0 Å². The van der Waals surface area contributed by atoms with Crippen LogP contribution in [0.25, 0.3) is 0 Å². The summed E-state index contributed by atoms with van der Waals surface area (Å²) in [5.74, 6) is -0.578. The first-order valence-electron chi connectivity index (χ1n) is 10.4. The number of anilines is 2. The molecule has 2 N–H and O–H groups in total. The van der Waals surface area contributed by atoms with Crippen LogP contribution in [0.15, 0.2) is 94.7 Å². The van der Waals surface area contributed by atoms with E-state index in [4.69, 9.17) is 46.4 Å². The van der Waals surface area contributed by atoms with Crippen molar-refractivity contribution >= 4 is 91.2 Å². The predicted molar refractivity (Wildman–Crippen MR) is 153 cm³/mol. The van der Waals surface area contributed by atoms with Gasteiger partial charge in [-0.25, -0.2) is 0 Å². The van der Waals surface area contributed by atoms with Crippen LogP contribution in [0.1, 0.15) is 20.7 Å². The topological polar surface area (TPSA) is 58.2 Å². The number of nitrogens with one attached hydrogen (secondary N) is 2. The smallest absolute Gasteiger partial charge is 0.256 e. The molecule has 4 nitrogen and oxygen atoms in total. The van der Waals surface area contributed by atoms with Gasteiger partial charge in [-0.3, -0.25) is 9.59 Å². The number of benzene rings is 4. The van der Waals surface area contributed by atoms with Crippen molar-refractivity contribution in [3.05, 3.63) is 116 Å². The molecule has 0 saturated heterocycles. The molecule has 36 heavy (non-hydrogen) atoms. The first-order chi connectivity index (χ1) is 17.3. The van der Waals surface area contributed by atoms with Gasteiger partial charge in [-0.15, -0.1) is 0 Å². The molecule has 0 radical (unpaired) electrons. The fraction of sp³-hybridized carbons (Fsp3) is 0. The van der Waals surface area contributed by atoms with E-state index in [2.05, 4.69) is 10.6 Å². The highest BCUT2D eigenvalue weighted by Gasteiger charge is 2.16. The average molecular weight is 594 g/mol. The maximum absolute atomic E-state index is 13.0. The molecule has 0 aliphatic rings. The third-order valence-electron chi connectivity index (χ3n) is 4.84. The van der Waals surface area contributed by atoms with E-state index < -0.39 is 0 Å². The Balaban J connectivity index is 1.49. The van der Waals surface area contributed by atoms with E-state index in [9.17, 15) is 9.59 Å². The van der Waals surface area contributed by atoms with E-state index in [0.717, 1.165) is 9.79 Å². The predicted octanol–water partition coefficient (Wildman–Crippen LogP) is 9.60. The van der Waals surface area contributed by atoms with Crippen molar-refractivity contribution in [2.45, 2.75) is 9.79 Å². The highest BCUT2D eigenvalue weighted by atomic mass is 35.5. The van der Waals surface area contributed by atoms with E-state index in [1.54, 1.807) is 60.7 Å². The average Bonchev–Trinajstić information content (AvgIpc) is 2.87. The standard InChI is InChI=1S/C26H16Cl4N2O2S2/c27-19-11-9-15(13-21(19)29)31-25(33)17-5-1-3-7-23(17)35-36-24-8-4-2-6-18(24)26(34)32-16-10-12-20(28)22(30)14-16/h1-14H,(H,31,33)(H,32,34). The number of rotatable bonds is 7. The van der Waals surface area contributed by atoms with Crippen LogP contribution < -0.4 is 10.6 Å². The van der Waals surface area contributed by atoms with Gasteiger partial charge in [-0.05, 0) is 60.7 Å². The summed E-state index contributed by atoms with van der Waals surface area (Å²) in [5.41, 5.74) is 2.04. The van der Waals surface area contributed by atoms with E-state index in [1.807, 2.05) is 24.3 Å². The van der Waals surface area contributed by atoms with Gasteiger partial charge in [0.15, 0.2) is 0 Å². The van der Waals surface area contributed by atoms with Crippen molar-refractivity contribution in [2.24, 2.45) is 0 Å². The molecule has 0 aromatic heterocycles. The largest absolute Gasteiger partial charge is 0.322 e. The maximum Gasteiger partial charge on any atom is 0.256 e. The molecular formula is C26H16Cl4N2O2S2. The van der Waals surface area contributed by atoms with E-state index in [1.165, 1.54) is 21.6 Å². The first kappa shape index (κ1) is 26.7. The molecule has 10 heteroatoms. The lowest BCUT2D eigenvalue weighted by Gasteiger charge is -2.12. The van der Waals surface area contributed by atoms with Crippen molar-refractivity contribution in [2.75, 3.05) is 10.6 Å².